The summed E-state index contributed by atoms with van der Waals surface area (Å²) in [7, 11) is 4.29. The summed E-state index contributed by atoms with van der Waals surface area (Å²) in [5.74, 6) is 0.268. The van der Waals surface area contributed by atoms with Gasteiger partial charge >= 0.3 is 0 Å². The number of hydrogen-bond acceptors (Lipinski definition) is 4. The van der Waals surface area contributed by atoms with E-state index >= 15 is 0 Å². The number of carbonyl (C=O) groups is 1. The number of hydrogen-bond donors (Lipinski definition) is 1. The van der Waals surface area contributed by atoms with Crippen molar-refractivity contribution in [2.24, 2.45) is 0 Å². The van der Waals surface area contributed by atoms with Crippen molar-refractivity contribution >= 4 is 17.2 Å². The van der Waals surface area contributed by atoms with Gasteiger partial charge in [0.15, 0.2) is 0 Å². The lowest BCUT2D eigenvalue weighted by Gasteiger charge is -2.49. The fourth-order valence-electron chi connectivity index (χ4n) is 3.47. The zero-order valence-corrected chi connectivity index (χ0v) is 13.9. The smallest absolute Gasteiger partial charge is 0.241 e. The van der Waals surface area contributed by atoms with Gasteiger partial charge in [0, 0.05) is 17.0 Å². The Hall–Kier alpha value is -0.910. The van der Waals surface area contributed by atoms with Gasteiger partial charge in [0.2, 0.25) is 5.91 Å². The van der Waals surface area contributed by atoms with Crippen LogP contribution in [0.1, 0.15) is 43.6 Å². The number of nitrogens with one attached hydrogen (secondary N) is 1. The van der Waals surface area contributed by atoms with Gasteiger partial charge in [0.1, 0.15) is 6.17 Å². The Balaban J connectivity index is 1.84. The highest BCUT2D eigenvalue weighted by molar-refractivity contribution is 7.10. The Bertz CT molecular complexity index is 496. The van der Waals surface area contributed by atoms with E-state index in [2.05, 4.69) is 53.6 Å². The highest BCUT2D eigenvalue weighted by Gasteiger charge is 2.47. The number of rotatable bonds is 5. The molecule has 2 fully saturated rings. The molecule has 1 aliphatic heterocycles. The Kier molecular flexibility index (Phi) is 4.08. The maximum atomic E-state index is 12.7. The van der Waals surface area contributed by atoms with Crippen molar-refractivity contribution in [1.29, 1.82) is 0 Å². The summed E-state index contributed by atoms with van der Waals surface area (Å²) in [6.07, 6.45) is 4.57. The van der Waals surface area contributed by atoms with Gasteiger partial charge in [0.25, 0.3) is 0 Å². The molecule has 1 saturated heterocycles. The van der Waals surface area contributed by atoms with Crippen LogP contribution in [0.15, 0.2) is 17.5 Å². The minimum Gasteiger partial charge on any atom is -0.319 e. The average molecular weight is 307 g/mol. The summed E-state index contributed by atoms with van der Waals surface area (Å²) in [5, 5.41) is 5.61. The van der Waals surface area contributed by atoms with Crippen molar-refractivity contribution in [2.45, 2.75) is 50.4 Å². The van der Waals surface area contributed by atoms with Crippen molar-refractivity contribution in [2.75, 3.05) is 20.6 Å². The molecular weight excluding hydrogens is 282 g/mol. The molecule has 0 aromatic carbocycles. The molecule has 0 radical (unpaired) electrons. The van der Waals surface area contributed by atoms with Crippen LogP contribution in [-0.2, 0) is 4.79 Å². The molecule has 21 heavy (non-hydrogen) atoms. The molecule has 2 heterocycles. The molecule has 1 aromatic rings. The normalized spacial score (nSPS) is 28.2. The average Bonchev–Trinajstić information content (AvgIpc) is 3.02. The van der Waals surface area contributed by atoms with Crippen LogP contribution in [0, 0.1) is 0 Å². The number of likely N-dealkylation sites (N-methyl/N-ethyl adjacent to an activating group) is 1. The minimum atomic E-state index is -0.0311. The van der Waals surface area contributed by atoms with E-state index < -0.39 is 0 Å². The maximum Gasteiger partial charge on any atom is 0.241 e. The molecule has 1 amide bonds. The third-order valence-corrected chi connectivity index (χ3v) is 6.10. The van der Waals surface area contributed by atoms with Crippen molar-refractivity contribution in [3.63, 3.8) is 0 Å². The first-order chi connectivity index (χ1) is 10.1. The first kappa shape index (κ1) is 15.0. The quantitative estimate of drug-likeness (QED) is 0.907. The summed E-state index contributed by atoms with van der Waals surface area (Å²) in [5.41, 5.74) is 0.176. The van der Waals surface area contributed by atoms with Gasteiger partial charge < -0.3 is 9.80 Å². The zero-order chi connectivity index (χ0) is 15.0. The molecule has 2 atom stereocenters. The summed E-state index contributed by atoms with van der Waals surface area (Å²) >= 11 is 1.73. The van der Waals surface area contributed by atoms with Crippen molar-refractivity contribution in [3.05, 3.63) is 22.4 Å². The molecule has 3 rings (SSSR count). The van der Waals surface area contributed by atoms with Crippen molar-refractivity contribution in [1.82, 2.24) is 15.1 Å². The first-order valence-corrected chi connectivity index (χ1v) is 8.73. The molecule has 1 aromatic heterocycles. The molecule has 0 bridgehead atoms. The van der Waals surface area contributed by atoms with Crippen LogP contribution in [-0.4, -0.2) is 47.9 Å². The van der Waals surface area contributed by atoms with Gasteiger partial charge in [0.05, 0.1) is 6.04 Å². The fourth-order valence-corrected chi connectivity index (χ4v) is 4.27. The van der Waals surface area contributed by atoms with Gasteiger partial charge in [-0.25, -0.2) is 0 Å². The Morgan fingerprint density at radius 1 is 1.48 bits per heavy atom. The molecular formula is C16H25N3OS. The standard InChI is InChI=1S/C16H25N3OS/c1-4-12-15(20)19(11-16(18(2)3)8-6-9-16)14(17-12)13-7-5-10-21-13/h5,7,10,12,14,17H,4,6,8-9,11H2,1-3H3. The number of nitrogens with zero attached hydrogens (tertiary/aromatic N) is 2. The number of thiophene rings is 1. The molecule has 1 N–H and O–H groups in total. The van der Waals surface area contributed by atoms with Crippen LogP contribution in [0.2, 0.25) is 0 Å². The molecule has 116 valence electrons. The van der Waals surface area contributed by atoms with E-state index in [9.17, 15) is 4.79 Å². The maximum absolute atomic E-state index is 12.7. The predicted octanol–water partition coefficient (Wildman–Crippen LogP) is 2.44. The predicted molar refractivity (Wildman–Crippen MR) is 86.3 cm³/mol. The number of amides is 1. The molecule has 2 unspecified atom stereocenters. The van der Waals surface area contributed by atoms with Crippen molar-refractivity contribution < 1.29 is 4.79 Å². The largest absolute Gasteiger partial charge is 0.319 e. The molecule has 5 heteroatoms. The highest BCUT2D eigenvalue weighted by atomic mass is 32.1. The van der Waals surface area contributed by atoms with E-state index in [4.69, 9.17) is 0 Å². The SMILES string of the molecule is CCC1NC(c2cccs2)N(CC2(N(C)C)CCC2)C1=O. The Labute approximate surface area is 131 Å². The second kappa shape index (κ2) is 5.71. The van der Waals surface area contributed by atoms with Gasteiger partial charge in [-0.2, -0.15) is 0 Å². The summed E-state index contributed by atoms with van der Waals surface area (Å²) in [6, 6.07) is 4.16. The van der Waals surface area contributed by atoms with E-state index in [1.807, 2.05) is 0 Å². The van der Waals surface area contributed by atoms with E-state index in [0.29, 0.717) is 0 Å². The van der Waals surface area contributed by atoms with E-state index in [-0.39, 0.29) is 23.7 Å². The van der Waals surface area contributed by atoms with Crippen molar-refractivity contribution in [3.8, 4) is 0 Å². The molecule has 1 aliphatic carbocycles. The third-order valence-electron chi connectivity index (χ3n) is 5.17. The van der Waals surface area contributed by atoms with Gasteiger partial charge in [-0.3, -0.25) is 10.1 Å². The zero-order valence-electron chi connectivity index (χ0n) is 13.1. The number of carbonyl (C=O) groups excluding carboxylic acids is 1. The van der Waals surface area contributed by atoms with E-state index in [1.165, 1.54) is 24.1 Å². The van der Waals surface area contributed by atoms with Gasteiger partial charge in [-0.1, -0.05) is 13.0 Å². The topological polar surface area (TPSA) is 35.6 Å². The third kappa shape index (κ3) is 2.51. The van der Waals surface area contributed by atoms with Crippen LogP contribution in [0.3, 0.4) is 0 Å². The summed E-state index contributed by atoms with van der Waals surface area (Å²) in [6.45, 7) is 2.92. The van der Waals surface area contributed by atoms with Gasteiger partial charge in [-0.05, 0) is 51.2 Å². The van der Waals surface area contributed by atoms with Crippen LogP contribution in [0.5, 0.6) is 0 Å². The Morgan fingerprint density at radius 2 is 2.24 bits per heavy atom. The minimum absolute atomic E-state index is 0.0311. The molecule has 2 aliphatic rings. The second-order valence-electron chi connectivity index (χ2n) is 6.48. The van der Waals surface area contributed by atoms with Gasteiger partial charge in [-0.15, -0.1) is 11.3 Å². The molecule has 1 saturated carbocycles. The Morgan fingerprint density at radius 3 is 2.71 bits per heavy atom. The van der Waals surface area contributed by atoms with E-state index in [1.54, 1.807) is 11.3 Å². The van der Waals surface area contributed by atoms with Crippen LogP contribution in [0.25, 0.3) is 0 Å². The lowest BCUT2D eigenvalue weighted by atomic mass is 9.75. The molecule has 0 spiro atoms. The summed E-state index contributed by atoms with van der Waals surface area (Å²) < 4.78 is 0. The monoisotopic (exact) mass is 307 g/mol. The lowest BCUT2D eigenvalue weighted by molar-refractivity contribution is -0.133. The second-order valence-corrected chi connectivity index (χ2v) is 7.46. The fraction of sp³-hybridized carbons (Fsp3) is 0.688. The van der Waals surface area contributed by atoms with Crippen LogP contribution in [0.4, 0.5) is 0 Å². The van der Waals surface area contributed by atoms with Crippen LogP contribution >= 0.6 is 11.3 Å². The van der Waals surface area contributed by atoms with Crippen LogP contribution < -0.4 is 5.32 Å². The first-order valence-electron chi connectivity index (χ1n) is 7.85. The lowest BCUT2D eigenvalue weighted by Crippen LogP contribution is -2.58. The summed E-state index contributed by atoms with van der Waals surface area (Å²) in [4.78, 5) is 18.4. The highest BCUT2D eigenvalue weighted by Crippen LogP contribution is 2.40. The molecule has 4 nitrogen and oxygen atoms in total. The van der Waals surface area contributed by atoms with E-state index in [0.717, 1.165) is 13.0 Å².